The summed E-state index contributed by atoms with van der Waals surface area (Å²) in [4.78, 5) is 38.5. The molecule has 2 atom stereocenters. The van der Waals surface area contributed by atoms with E-state index in [1.807, 2.05) is 35.2 Å². The third-order valence-electron chi connectivity index (χ3n) is 5.75. The number of nitrogens with one attached hydrogen (secondary N) is 1. The van der Waals surface area contributed by atoms with Gasteiger partial charge in [-0.1, -0.05) is 18.2 Å². The number of likely N-dealkylation sites (tertiary alicyclic amines) is 1. The third-order valence-corrected chi connectivity index (χ3v) is 5.75. The third kappa shape index (κ3) is 4.72. The molecular formula is C22H27N5O2. The molecule has 2 amide bonds. The molecule has 152 valence electrons. The summed E-state index contributed by atoms with van der Waals surface area (Å²) in [5, 5.41) is 2.98. The van der Waals surface area contributed by atoms with E-state index in [-0.39, 0.29) is 23.7 Å². The topological polar surface area (TPSA) is 78.4 Å². The summed E-state index contributed by atoms with van der Waals surface area (Å²) in [6.45, 7) is 2.73. The Kier molecular flexibility index (Phi) is 6.03. The number of carbonyl (C=O) groups is 2. The second-order valence-corrected chi connectivity index (χ2v) is 7.81. The molecule has 4 rings (SSSR count). The van der Waals surface area contributed by atoms with E-state index in [2.05, 4.69) is 20.2 Å². The van der Waals surface area contributed by atoms with Gasteiger partial charge in [0, 0.05) is 44.3 Å². The lowest BCUT2D eigenvalue weighted by Crippen LogP contribution is -2.49. The standard InChI is InChI=1S/C22H27N5O2/c28-20(25-19-9-2-1-3-10-19)17-7-4-13-26(15-17)21(29)18-8-5-14-27(16-18)22-23-11-6-12-24-22/h1-3,6,9-12,17-18H,4-5,7-8,13-16H2,(H,25,28). The molecule has 0 bridgehead atoms. The Morgan fingerprint density at radius 2 is 1.62 bits per heavy atom. The molecule has 0 radical (unpaired) electrons. The average molecular weight is 393 g/mol. The van der Waals surface area contributed by atoms with Gasteiger partial charge >= 0.3 is 0 Å². The van der Waals surface area contributed by atoms with Gasteiger partial charge < -0.3 is 15.1 Å². The molecule has 0 saturated carbocycles. The van der Waals surface area contributed by atoms with Crippen molar-refractivity contribution < 1.29 is 9.59 Å². The van der Waals surface area contributed by atoms with Gasteiger partial charge in [-0.3, -0.25) is 9.59 Å². The van der Waals surface area contributed by atoms with Crippen LogP contribution in [0.5, 0.6) is 0 Å². The molecule has 7 nitrogen and oxygen atoms in total. The van der Waals surface area contributed by atoms with E-state index in [0.717, 1.165) is 44.5 Å². The summed E-state index contributed by atoms with van der Waals surface area (Å²) in [5.74, 6) is 0.608. The van der Waals surface area contributed by atoms with Crippen LogP contribution in [0.25, 0.3) is 0 Å². The largest absolute Gasteiger partial charge is 0.342 e. The summed E-state index contributed by atoms with van der Waals surface area (Å²) >= 11 is 0. The Labute approximate surface area is 171 Å². The maximum Gasteiger partial charge on any atom is 0.229 e. The Bertz CT molecular complexity index is 830. The first-order valence-corrected chi connectivity index (χ1v) is 10.4. The molecule has 2 aromatic rings. The number of nitrogens with zero attached hydrogens (tertiary/aromatic N) is 4. The zero-order chi connectivity index (χ0) is 20.1. The van der Waals surface area contributed by atoms with E-state index in [9.17, 15) is 9.59 Å². The number of piperidine rings is 2. The monoisotopic (exact) mass is 393 g/mol. The van der Waals surface area contributed by atoms with Crippen LogP contribution in [0.3, 0.4) is 0 Å². The van der Waals surface area contributed by atoms with Crippen molar-refractivity contribution in [3.05, 3.63) is 48.8 Å². The first kappa shape index (κ1) is 19.4. The van der Waals surface area contributed by atoms with Gasteiger partial charge in [-0.2, -0.15) is 0 Å². The zero-order valence-electron chi connectivity index (χ0n) is 16.5. The second-order valence-electron chi connectivity index (χ2n) is 7.81. The minimum absolute atomic E-state index is 0.00310. The summed E-state index contributed by atoms with van der Waals surface area (Å²) in [6.07, 6.45) is 6.95. The van der Waals surface area contributed by atoms with Crippen molar-refractivity contribution in [2.75, 3.05) is 36.4 Å². The van der Waals surface area contributed by atoms with E-state index in [1.54, 1.807) is 18.5 Å². The molecule has 3 heterocycles. The molecule has 1 aromatic heterocycles. The number of carbonyl (C=O) groups excluding carboxylic acids is 2. The van der Waals surface area contributed by atoms with E-state index in [1.165, 1.54) is 0 Å². The molecule has 1 N–H and O–H groups in total. The molecule has 29 heavy (non-hydrogen) atoms. The zero-order valence-corrected chi connectivity index (χ0v) is 16.5. The molecular weight excluding hydrogens is 366 g/mol. The van der Waals surface area contributed by atoms with Gasteiger partial charge in [-0.05, 0) is 43.9 Å². The number of benzene rings is 1. The normalized spacial score (nSPS) is 22.2. The Morgan fingerprint density at radius 1 is 0.897 bits per heavy atom. The van der Waals surface area contributed by atoms with Gasteiger partial charge in [-0.15, -0.1) is 0 Å². The van der Waals surface area contributed by atoms with Crippen LogP contribution in [0.4, 0.5) is 11.6 Å². The fourth-order valence-electron chi connectivity index (χ4n) is 4.23. The Hall–Kier alpha value is -2.96. The number of anilines is 2. The lowest BCUT2D eigenvalue weighted by molar-refractivity contribution is -0.138. The molecule has 2 aliphatic rings. The van der Waals surface area contributed by atoms with Crippen molar-refractivity contribution >= 4 is 23.5 Å². The van der Waals surface area contributed by atoms with Crippen LogP contribution in [0.2, 0.25) is 0 Å². The van der Waals surface area contributed by atoms with Gasteiger partial charge in [-0.25, -0.2) is 9.97 Å². The average Bonchev–Trinajstić information content (AvgIpc) is 2.80. The first-order valence-electron chi connectivity index (χ1n) is 10.4. The number of aromatic nitrogens is 2. The Morgan fingerprint density at radius 3 is 2.41 bits per heavy atom. The van der Waals surface area contributed by atoms with Crippen LogP contribution in [-0.2, 0) is 9.59 Å². The van der Waals surface area contributed by atoms with Gasteiger partial charge in [0.25, 0.3) is 0 Å². The van der Waals surface area contributed by atoms with Gasteiger partial charge in [0.1, 0.15) is 0 Å². The fourth-order valence-corrected chi connectivity index (χ4v) is 4.23. The smallest absolute Gasteiger partial charge is 0.229 e. The van der Waals surface area contributed by atoms with E-state index >= 15 is 0 Å². The summed E-state index contributed by atoms with van der Waals surface area (Å²) in [7, 11) is 0. The molecule has 2 aliphatic heterocycles. The minimum atomic E-state index is -0.162. The van der Waals surface area contributed by atoms with E-state index in [4.69, 9.17) is 0 Å². The highest BCUT2D eigenvalue weighted by Crippen LogP contribution is 2.25. The van der Waals surface area contributed by atoms with Crippen molar-refractivity contribution in [1.82, 2.24) is 14.9 Å². The quantitative estimate of drug-likeness (QED) is 0.864. The molecule has 2 unspecified atom stereocenters. The van der Waals surface area contributed by atoms with Crippen LogP contribution in [0.15, 0.2) is 48.8 Å². The minimum Gasteiger partial charge on any atom is -0.342 e. The number of amides is 2. The van der Waals surface area contributed by atoms with Gasteiger partial charge in [0.15, 0.2) is 0 Å². The fraction of sp³-hybridized carbons (Fsp3) is 0.455. The SMILES string of the molecule is O=C(Nc1ccccc1)C1CCCN(C(=O)C2CCCN(c3ncccn3)C2)C1. The molecule has 0 aliphatic carbocycles. The number of para-hydroxylation sites is 1. The number of rotatable bonds is 4. The van der Waals surface area contributed by atoms with Crippen molar-refractivity contribution in [3.8, 4) is 0 Å². The summed E-state index contributed by atoms with van der Waals surface area (Å²) in [6, 6.07) is 11.3. The molecule has 2 fully saturated rings. The predicted octanol–water partition coefficient (Wildman–Crippen LogP) is 2.57. The second kappa shape index (κ2) is 9.03. The highest BCUT2D eigenvalue weighted by Gasteiger charge is 2.34. The summed E-state index contributed by atoms with van der Waals surface area (Å²) < 4.78 is 0. The molecule has 0 spiro atoms. The van der Waals surface area contributed by atoms with Gasteiger partial charge in [0.05, 0.1) is 11.8 Å². The Balaban J connectivity index is 1.36. The van der Waals surface area contributed by atoms with Crippen molar-refractivity contribution in [1.29, 1.82) is 0 Å². The maximum atomic E-state index is 13.2. The van der Waals surface area contributed by atoms with E-state index in [0.29, 0.717) is 19.0 Å². The van der Waals surface area contributed by atoms with E-state index < -0.39 is 0 Å². The summed E-state index contributed by atoms with van der Waals surface area (Å²) in [5.41, 5.74) is 0.798. The molecule has 1 aromatic carbocycles. The number of hydrogen-bond acceptors (Lipinski definition) is 5. The van der Waals surface area contributed by atoms with Crippen molar-refractivity contribution in [2.24, 2.45) is 11.8 Å². The number of hydrogen-bond donors (Lipinski definition) is 1. The highest BCUT2D eigenvalue weighted by molar-refractivity contribution is 5.93. The van der Waals surface area contributed by atoms with Crippen molar-refractivity contribution in [2.45, 2.75) is 25.7 Å². The van der Waals surface area contributed by atoms with Crippen molar-refractivity contribution in [3.63, 3.8) is 0 Å². The van der Waals surface area contributed by atoms with Crippen LogP contribution in [0.1, 0.15) is 25.7 Å². The van der Waals surface area contributed by atoms with Crippen LogP contribution >= 0.6 is 0 Å². The lowest BCUT2D eigenvalue weighted by Gasteiger charge is -2.38. The molecule has 7 heteroatoms. The predicted molar refractivity (Wildman–Crippen MR) is 111 cm³/mol. The molecule has 2 saturated heterocycles. The first-order chi connectivity index (χ1) is 14.2. The van der Waals surface area contributed by atoms with Crippen LogP contribution < -0.4 is 10.2 Å². The van der Waals surface area contributed by atoms with Crippen LogP contribution in [-0.4, -0.2) is 52.9 Å². The maximum absolute atomic E-state index is 13.2. The van der Waals surface area contributed by atoms with Crippen LogP contribution in [0, 0.1) is 11.8 Å². The van der Waals surface area contributed by atoms with Gasteiger partial charge in [0.2, 0.25) is 17.8 Å². The lowest BCUT2D eigenvalue weighted by atomic mass is 9.92. The highest BCUT2D eigenvalue weighted by atomic mass is 16.2.